The van der Waals surface area contributed by atoms with Gasteiger partial charge in [-0.15, -0.1) is 0 Å². The number of methoxy groups -OCH3 is 3. The molecule has 2 rings (SSSR count). The molecule has 0 atom stereocenters. The Labute approximate surface area is 136 Å². The van der Waals surface area contributed by atoms with Crippen LogP contribution in [0.5, 0.6) is 17.2 Å². The topological polar surface area (TPSA) is 61.8 Å². The Bertz CT molecular complexity index is 754. The van der Waals surface area contributed by atoms with E-state index in [0.29, 0.717) is 28.6 Å². The number of sulfone groups is 1. The highest BCUT2D eigenvalue weighted by molar-refractivity contribution is 7.90. The Kier molecular flexibility index (Phi) is 5.15. The minimum absolute atomic E-state index is 0.301. The van der Waals surface area contributed by atoms with Crippen LogP contribution in [0.3, 0.4) is 0 Å². The molecule has 0 N–H and O–H groups in total. The first-order chi connectivity index (χ1) is 10.9. The first-order valence-corrected chi connectivity index (χ1v) is 8.86. The summed E-state index contributed by atoms with van der Waals surface area (Å²) in [6.07, 6.45) is 1.75. The van der Waals surface area contributed by atoms with Crippen molar-refractivity contribution in [2.24, 2.45) is 0 Å². The third-order valence-electron chi connectivity index (χ3n) is 3.55. The lowest BCUT2D eigenvalue weighted by molar-refractivity contribution is 0.370. The van der Waals surface area contributed by atoms with E-state index in [9.17, 15) is 8.42 Å². The summed E-state index contributed by atoms with van der Waals surface area (Å²) in [6.45, 7) is 0. The van der Waals surface area contributed by atoms with Crippen LogP contribution in [-0.4, -0.2) is 36.0 Å². The van der Waals surface area contributed by atoms with Crippen LogP contribution in [0.15, 0.2) is 41.3 Å². The normalized spacial score (nSPS) is 11.1. The average Bonchev–Trinajstić information content (AvgIpc) is 2.54. The van der Waals surface area contributed by atoms with Gasteiger partial charge in [0.15, 0.2) is 9.84 Å². The van der Waals surface area contributed by atoms with Gasteiger partial charge in [-0.2, -0.15) is 0 Å². The molecule has 0 heterocycles. The number of benzene rings is 2. The molecule has 0 saturated carbocycles. The molecule has 2 aromatic rings. The number of rotatable bonds is 6. The van der Waals surface area contributed by atoms with E-state index in [0.717, 1.165) is 11.1 Å². The molecular weight excluding hydrogens is 316 g/mol. The van der Waals surface area contributed by atoms with Crippen molar-refractivity contribution in [3.05, 3.63) is 47.5 Å². The quantitative estimate of drug-likeness (QED) is 0.812. The molecule has 0 saturated heterocycles. The van der Waals surface area contributed by atoms with Gasteiger partial charge in [0.25, 0.3) is 0 Å². The molecule has 2 aromatic carbocycles. The van der Waals surface area contributed by atoms with Crippen molar-refractivity contribution >= 4 is 9.84 Å². The Hall–Kier alpha value is -2.21. The molecule has 23 heavy (non-hydrogen) atoms. The monoisotopic (exact) mass is 336 g/mol. The highest BCUT2D eigenvalue weighted by Gasteiger charge is 2.14. The second-order valence-corrected chi connectivity index (χ2v) is 7.12. The van der Waals surface area contributed by atoms with E-state index in [4.69, 9.17) is 14.2 Å². The number of ether oxygens (including phenoxy) is 3. The summed E-state index contributed by atoms with van der Waals surface area (Å²) in [5.74, 6) is 1.97. The van der Waals surface area contributed by atoms with Crippen LogP contribution in [0, 0.1) is 0 Å². The molecule has 0 unspecified atom stereocenters. The van der Waals surface area contributed by atoms with Gasteiger partial charge in [-0.05, 0) is 17.7 Å². The van der Waals surface area contributed by atoms with E-state index in [-0.39, 0.29) is 0 Å². The molecule has 0 aliphatic carbocycles. The molecule has 0 aliphatic rings. The zero-order valence-electron chi connectivity index (χ0n) is 13.6. The molecular formula is C17H20O5S. The molecule has 124 valence electrons. The van der Waals surface area contributed by atoms with Gasteiger partial charge in [-0.25, -0.2) is 8.42 Å². The van der Waals surface area contributed by atoms with Crippen LogP contribution in [-0.2, 0) is 16.3 Å². The van der Waals surface area contributed by atoms with Gasteiger partial charge in [0.1, 0.15) is 17.2 Å². The highest BCUT2D eigenvalue weighted by atomic mass is 32.2. The Morgan fingerprint density at radius 1 is 0.870 bits per heavy atom. The zero-order chi connectivity index (χ0) is 17.0. The predicted molar refractivity (Wildman–Crippen MR) is 88.5 cm³/mol. The fourth-order valence-corrected chi connectivity index (χ4v) is 2.94. The van der Waals surface area contributed by atoms with Crippen LogP contribution in [0.2, 0.25) is 0 Å². The second-order valence-electron chi connectivity index (χ2n) is 5.10. The lowest BCUT2D eigenvalue weighted by Gasteiger charge is -2.15. The largest absolute Gasteiger partial charge is 0.496 e. The summed E-state index contributed by atoms with van der Waals surface area (Å²) in [6, 6.07) is 10.4. The predicted octanol–water partition coefficient (Wildman–Crippen LogP) is 2.71. The second kappa shape index (κ2) is 6.91. The Morgan fingerprint density at radius 2 is 1.39 bits per heavy atom. The Morgan fingerprint density at radius 3 is 1.78 bits per heavy atom. The number of hydrogen-bond donors (Lipinski definition) is 0. The number of hydrogen-bond acceptors (Lipinski definition) is 5. The fraction of sp³-hybridized carbons (Fsp3) is 0.294. The third kappa shape index (κ3) is 3.96. The van der Waals surface area contributed by atoms with E-state index in [1.54, 1.807) is 57.7 Å². The maximum absolute atomic E-state index is 11.5. The smallest absolute Gasteiger partial charge is 0.175 e. The molecule has 0 amide bonds. The fourth-order valence-electron chi connectivity index (χ4n) is 2.31. The van der Waals surface area contributed by atoms with Crippen LogP contribution in [0.4, 0.5) is 0 Å². The first kappa shape index (κ1) is 17.1. The molecule has 0 aliphatic heterocycles. The van der Waals surface area contributed by atoms with Crippen molar-refractivity contribution in [3.63, 3.8) is 0 Å². The zero-order valence-corrected chi connectivity index (χ0v) is 14.4. The molecule has 5 nitrogen and oxygen atoms in total. The lowest BCUT2D eigenvalue weighted by atomic mass is 10.0. The van der Waals surface area contributed by atoms with Crippen molar-refractivity contribution in [1.29, 1.82) is 0 Å². The molecule has 6 heteroatoms. The molecule has 0 aromatic heterocycles. The van der Waals surface area contributed by atoms with Crippen LogP contribution in [0.25, 0.3) is 0 Å². The lowest BCUT2D eigenvalue weighted by Crippen LogP contribution is -2.00. The van der Waals surface area contributed by atoms with Gasteiger partial charge in [0, 0.05) is 30.4 Å². The van der Waals surface area contributed by atoms with Gasteiger partial charge in [0.05, 0.1) is 26.2 Å². The minimum atomic E-state index is -3.19. The minimum Gasteiger partial charge on any atom is -0.496 e. The molecule has 0 radical (unpaired) electrons. The SMILES string of the molecule is COc1cc(OC)c(Cc2ccc(S(C)(=O)=O)cc2)c(OC)c1. The maximum Gasteiger partial charge on any atom is 0.175 e. The van der Waals surface area contributed by atoms with Crippen molar-refractivity contribution in [1.82, 2.24) is 0 Å². The molecule has 0 spiro atoms. The van der Waals surface area contributed by atoms with Gasteiger partial charge < -0.3 is 14.2 Å². The molecule has 0 fully saturated rings. The average molecular weight is 336 g/mol. The Balaban J connectivity index is 2.39. The van der Waals surface area contributed by atoms with Crippen LogP contribution in [0.1, 0.15) is 11.1 Å². The van der Waals surface area contributed by atoms with Crippen LogP contribution >= 0.6 is 0 Å². The maximum atomic E-state index is 11.5. The van der Waals surface area contributed by atoms with E-state index in [1.807, 2.05) is 0 Å². The summed E-state index contributed by atoms with van der Waals surface area (Å²) in [4.78, 5) is 0.301. The first-order valence-electron chi connectivity index (χ1n) is 6.97. The van der Waals surface area contributed by atoms with E-state index in [1.165, 1.54) is 6.26 Å². The summed E-state index contributed by atoms with van der Waals surface area (Å²) >= 11 is 0. The summed E-state index contributed by atoms with van der Waals surface area (Å²) < 4.78 is 39.1. The van der Waals surface area contributed by atoms with Gasteiger partial charge in [-0.3, -0.25) is 0 Å². The standard InChI is InChI=1S/C17H20O5S/c1-20-13-10-16(21-2)15(17(11-13)22-3)9-12-5-7-14(8-6-12)23(4,18)19/h5-8,10-11H,9H2,1-4H3. The summed E-state index contributed by atoms with van der Waals surface area (Å²) in [5.41, 5.74) is 1.84. The van der Waals surface area contributed by atoms with E-state index >= 15 is 0 Å². The van der Waals surface area contributed by atoms with E-state index in [2.05, 4.69) is 0 Å². The van der Waals surface area contributed by atoms with E-state index < -0.39 is 9.84 Å². The highest BCUT2D eigenvalue weighted by Crippen LogP contribution is 2.35. The molecule has 0 bridgehead atoms. The van der Waals surface area contributed by atoms with Gasteiger partial charge in [-0.1, -0.05) is 12.1 Å². The van der Waals surface area contributed by atoms with Crippen molar-refractivity contribution < 1.29 is 22.6 Å². The summed E-state index contributed by atoms with van der Waals surface area (Å²) in [7, 11) is 1.56. The van der Waals surface area contributed by atoms with Gasteiger partial charge >= 0.3 is 0 Å². The van der Waals surface area contributed by atoms with Crippen molar-refractivity contribution in [2.75, 3.05) is 27.6 Å². The van der Waals surface area contributed by atoms with Gasteiger partial charge in [0.2, 0.25) is 0 Å². The van der Waals surface area contributed by atoms with Crippen molar-refractivity contribution in [2.45, 2.75) is 11.3 Å². The summed E-state index contributed by atoms with van der Waals surface area (Å²) in [5, 5.41) is 0. The third-order valence-corrected chi connectivity index (χ3v) is 4.68. The van der Waals surface area contributed by atoms with Crippen molar-refractivity contribution in [3.8, 4) is 17.2 Å². The van der Waals surface area contributed by atoms with Crippen LogP contribution < -0.4 is 14.2 Å².